The zero-order valence-corrected chi connectivity index (χ0v) is 16.7. The van der Waals surface area contributed by atoms with Crippen LogP contribution in [0.15, 0.2) is 12.1 Å². The van der Waals surface area contributed by atoms with E-state index in [2.05, 4.69) is 25.5 Å². The second-order valence-corrected chi connectivity index (χ2v) is 8.08. The molecule has 1 aliphatic rings. The summed E-state index contributed by atoms with van der Waals surface area (Å²) >= 11 is 0. The minimum atomic E-state index is -0.497. The Morgan fingerprint density at radius 1 is 1.26 bits per heavy atom. The Hall–Kier alpha value is -2.64. The highest BCUT2D eigenvalue weighted by Gasteiger charge is 2.29. The van der Waals surface area contributed by atoms with Crippen molar-refractivity contribution in [3.8, 4) is 0 Å². The Morgan fingerprint density at radius 2 is 2.04 bits per heavy atom. The number of carbonyl (C=O) groups is 1. The van der Waals surface area contributed by atoms with Gasteiger partial charge in [0.2, 0.25) is 0 Å². The van der Waals surface area contributed by atoms with Crippen LogP contribution < -0.4 is 5.32 Å². The molecule has 8 nitrogen and oxygen atoms in total. The van der Waals surface area contributed by atoms with Crippen molar-refractivity contribution in [3.63, 3.8) is 0 Å². The van der Waals surface area contributed by atoms with Crippen LogP contribution in [0.2, 0.25) is 0 Å². The summed E-state index contributed by atoms with van der Waals surface area (Å²) in [5.74, 6) is 2.26. The molecular formula is C19H28N6O2. The molecule has 27 heavy (non-hydrogen) atoms. The molecule has 1 amide bonds. The van der Waals surface area contributed by atoms with Gasteiger partial charge in [-0.25, -0.2) is 14.8 Å². The molecular weight excluding hydrogens is 344 g/mol. The molecule has 1 aliphatic heterocycles. The molecule has 0 bridgehead atoms. The molecule has 1 atom stereocenters. The summed E-state index contributed by atoms with van der Waals surface area (Å²) in [7, 11) is 0. The summed E-state index contributed by atoms with van der Waals surface area (Å²) in [4.78, 5) is 23.5. The number of H-pyrrole nitrogens is 1. The number of nitrogens with one attached hydrogen (secondary N) is 2. The lowest BCUT2D eigenvalue weighted by Crippen LogP contribution is -2.42. The number of aryl methyl sites for hydroxylation is 2. The average Bonchev–Trinajstić information content (AvgIpc) is 2.98. The zero-order chi connectivity index (χ0) is 19.6. The normalized spacial score (nSPS) is 17.7. The molecule has 0 aliphatic carbocycles. The standard InChI is InChI=1S/C19H28N6O2/c1-12-9-15(21-16-10-13(2)23-24-16)22-17(20-12)14-7-6-8-25(11-14)18(26)27-19(3,4)5/h9-10,14H,6-8,11H2,1-5H3,(H2,20,21,22,23,24). The number of rotatable bonds is 3. The van der Waals surface area contributed by atoms with E-state index in [1.165, 1.54) is 0 Å². The van der Waals surface area contributed by atoms with Crippen molar-refractivity contribution in [1.29, 1.82) is 0 Å². The number of anilines is 2. The maximum absolute atomic E-state index is 12.4. The third kappa shape index (κ3) is 5.18. The van der Waals surface area contributed by atoms with Crippen molar-refractivity contribution in [2.45, 2.75) is 59.0 Å². The van der Waals surface area contributed by atoms with Crippen LogP contribution in [0.4, 0.5) is 16.4 Å². The Bertz CT molecular complexity index is 811. The maximum Gasteiger partial charge on any atom is 0.410 e. The van der Waals surface area contributed by atoms with Gasteiger partial charge in [0.05, 0.1) is 0 Å². The predicted molar refractivity (Wildman–Crippen MR) is 103 cm³/mol. The molecule has 3 rings (SSSR count). The molecule has 0 radical (unpaired) electrons. The van der Waals surface area contributed by atoms with Crippen molar-refractivity contribution >= 4 is 17.7 Å². The first kappa shape index (κ1) is 19.1. The van der Waals surface area contributed by atoms with E-state index >= 15 is 0 Å². The molecule has 1 fully saturated rings. The molecule has 146 valence electrons. The van der Waals surface area contributed by atoms with Crippen LogP contribution in [0.25, 0.3) is 0 Å². The highest BCUT2D eigenvalue weighted by molar-refractivity contribution is 5.68. The number of amides is 1. The number of piperidine rings is 1. The van der Waals surface area contributed by atoms with E-state index in [0.29, 0.717) is 18.9 Å². The van der Waals surface area contributed by atoms with Gasteiger partial charge in [-0.15, -0.1) is 0 Å². The fourth-order valence-electron chi connectivity index (χ4n) is 3.13. The van der Waals surface area contributed by atoms with Gasteiger partial charge in [-0.1, -0.05) is 0 Å². The number of hydrogen-bond donors (Lipinski definition) is 2. The number of carbonyl (C=O) groups excluding carboxylic acids is 1. The highest BCUT2D eigenvalue weighted by Crippen LogP contribution is 2.27. The molecule has 1 unspecified atom stereocenters. The highest BCUT2D eigenvalue weighted by atomic mass is 16.6. The SMILES string of the molecule is Cc1cc(Nc2cc(C)[nH]n2)nc(C2CCCN(C(=O)OC(C)(C)C)C2)n1. The Balaban J connectivity index is 1.74. The number of hydrogen-bond acceptors (Lipinski definition) is 6. The van der Waals surface area contributed by atoms with Crippen LogP contribution in [-0.4, -0.2) is 49.8 Å². The van der Waals surface area contributed by atoms with Crippen LogP contribution in [0.5, 0.6) is 0 Å². The molecule has 0 spiro atoms. The largest absolute Gasteiger partial charge is 0.444 e. The molecule has 0 saturated carbocycles. The van der Waals surface area contributed by atoms with Crippen LogP contribution in [0, 0.1) is 13.8 Å². The molecule has 0 aromatic carbocycles. The minimum absolute atomic E-state index is 0.0904. The number of nitrogens with zero attached hydrogens (tertiary/aromatic N) is 4. The number of aromatic nitrogens is 4. The topological polar surface area (TPSA) is 96.0 Å². The fraction of sp³-hybridized carbons (Fsp3) is 0.579. The summed E-state index contributed by atoms with van der Waals surface area (Å²) < 4.78 is 5.51. The molecule has 8 heteroatoms. The average molecular weight is 372 g/mol. The fourth-order valence-corrected chi connectivity index (χ4v) is 3.13. The van der Waals surface area contributed by atoms with Crippen LogP contribution in [-0.2, 0) is 4.74 Å². The first-order valence-electron chi connectivity index (χ1n) is 9.32. The van der Waals surface area contributed by atoms with Gasteiger partial charge in [-0.2, -0.15) is 5.10 Å². The summed E-state index contributed by atoms with van der Waals surface area (Å²) in [5, 5.41) is 10.3. The third-order valence-electron chi connectivity index (χ3n) is 4.27. The Labute approximate surface area is 159 Å². The van der Waals surface area contributed by atoms with Gasteiger partial charge in [0.25, 0.3) is 0 Å². The lowest BCUT2D eigenvalue weighted by atomic mass is 9.97. The quantitative estimate of drug-likeness (QED) is 0.853. The summed E-state index contributed by atoms with van der Waals surface area (Å²) in [6, 6.07) is 3.81. The lowest BCUT2D eigenvalue weighted by molar-refractivity contribution is 0.0196. The number of likely N-dealkylation sites (tertiary alicyclic amines) is 1. The maximum atomic E-state index is 12.4. The van der Waals surface area contributed by atoms with Gasteiger partial charge in [-0.05, 0) is 47.5 Å². The number of ether oxygens (including phenoxy) is 1. The van der Waals surface area contributed by atoms with E-state index in [4.69, 9.17) is 4.74 Å². The monoisotopic (exact) mass is 372 g/mol. The van der Waals surface area contributed by atoms with Gasteiger partial charge >= 0.3 is 6.09 Å². The van der Waals surface area contributed by atoms with Crippen molar-refractivity contribution < 1.29 is 9.53 Å². The second kappa shape index (κ2) is 7.54. The molecule has 2 aromatic rings. The van der Waals surface area contributed by atoms with Gasteiger partial charge in [0, 0.05) is 42.5 Å². The molecule has 2 N–H and O–H groups in total. The van der Waals surface area contributed by atoms with E-state index in [9.17, 15) is 4.79 Å². The molecule has 1 saturated heterocycles. The summed E-state index contributed by atoms with van der Waals surface area (Å²) in [6.07, 6.45) is 1.58. The van der Waals surface area contributed by atoms with Crippen LogP contribution in [0.1, 0.15) is 56.7 Å². The first-order chi connectivity index (χ1) is 12.7. The molecule has 3 heterocycles. The van der Waals surface area contributed by atoms with E-state index in [0.717, 1.165) is 35.9 Å². The minimum Gasteiger partial charge on any atom is -0.444 e. The Kier molecular flexibility index (Phi) is 5.34. The van der Waals surface area contributed by atoms with Crippen molar-refractivity contribution in [2.24, 2.45) is 0 Å². The Morgan fingerprint density at radius 3 is 2.70 bits per heavy atom. The first-order valence-corrected chi connectivity index (χ1v) is 9.32. The second-order valence-electron chi connectivity index (χ2n) is 8.08. The van der Waals surface area contributed by atoms with Crippen LogP contribution in [0.3, 0.4) is 0 Å². The van der Waals surface area contributed by atoms with Crippen LogP contribution >= 0.6 is 0 Å². The van der Waals surface area contributed by atoms with Crippen molar-refractivity contribution in [3.05, 3.63) is 29.3 Å². The lowest BCUT2D eigenvalue weighted by Gasteiger charge is -2.33. The summed E-state index contributed by atoms with van der Waals surface area (Å²) in [6.45, 7) is 10.8. The number of aromatic amines is 1. The van der Waals surface area contributed by atoms with Gasteiger partial charge in [-0.3, -0.25) is 5.10 Å². The molecule has 2 aromatic heterocycles. The van der Waals surface area contributed by atoms with E-state index in [-0.39, 0.29) is 12.0 Å². The predicted octanol–water partition coefficient (Wildman–Crippen LogP) is 3.67. The van der Waals surface area contributed by atoms with E-state index in [1.807, 2.05) is 46.8 Å². The van der Waals surface area contributed by atoms with Gasteiger partial charge in [0.15, 0.2) is 5.82 Å². The van der Waals surface area contributed by atoms with Gasteiger partial charge < -0.3 is 15.0 Å². The smallest absolute Gasteiger partial charge is 0.410 e. The van der Waals surface area contributed by atoms with Crippen molar-refractivity contribution in [2.75, 3.05) is 18.4 Å². The summed E-state index contributed by atoms with van der Waals surface area (Å²) in [5.41, 5.74) is 1.36. The van der Waals surface area contributed by atoms with Gasteiger partial charge in [0.1, 0.15) is 17.2 Å². The van der Waals surface area contributed by atoms with E-state index < -0.39 is 5.60 Å². The third-order valence-corrected chi connectivity index (χ3v) is 4.27. The van der Waals surface area contributed by atoms with Crippen molar-refractivity contribution in [1.82, 2.24) is 25.1 Å². The van der Waals surface area contributed by atoms with E-state index in [1.54, 1.807) is 4.90 Å². The zero-order valence-electron chi connectivity index (χ0n) is 16.7.